The van der Waals surface area contributed by atoms with Gasteiger partial charge in [0.1, 0.15) is 12.2 Å². The number of ether oxygens (including phenoxy) is 5. The predicted molar refractivity (Wildman–Crippen MR) is 195 cm³/mol. The summed E-state index contributed by atoms with van der Waals surface area (Å²) in [5.41, 5.74) is 1.29. The third-order valence-electron chi connectivity index (χ3n) is 10.2. The quantitative estimate of drug-likeness (QED) is 0.127. The number of Topliss-reactive ketones (excluding diaryl/α,β-unsaturated/α-hetero) is 1. The Hall–Kier alpha value is -5.04. The first-order valence-electron chi connectivity index (χ1n) is 17.9. The van der Waals surface area contributed by atoms with Gasteiger partial charge in [0.25, 0.3) is 0 Å². The second-order valence-corrected chi connectivity index (χ2v) is 13.9. The highest BCUT2D eigenvalue weighted by molar-refractivity contribution is 6.25. The van der Waals surface area contributed by atoms with E-state index < -0.39 is 84.4 Å². The summed E-state index contributed by atoms with van der Waals surface area (Å²) >= 11 is 0. The Bertz CT molecular complexity index is 1980. The Morgan fingerprint density at radius 1 is 0.786 bits per heavy atom. The van der Waals surface area contributed by atoms with E-state index in [2.05, 4.69) is 0 Å². The third kappa shape index (κ3) is 8.98. The van der Waals surface area contributed by atoms with Crippen LogP contribution in [0.15, 0.2) is 54.6 Å². The number of carbonyl (C=O) groups excluding carboxylic acids is 2. The first-order chi connectivity index (χ1) is 26.7. The van der Waals surface area contributed by atoms with Gasteiger partial charge in [0.2, 0.25) is 0 Å². The molecule has 16 heteroatoms. The lowest BCUT2D eigenvalue weighted by Gasteiger charge is -2.43. The minimum absolute atomic E-state index is 0.00326. The molecule has 3 aliphatic heterocycles. The molecular weight excluding hydrogens is 736 g/mol. The molecule has 0 saturated carbocycles. The third-order valence-corrected chi connectivity index (χ3v) is 10.2. The fourth-order valence-electron chi connectivity index (χ4n) is 7.06. The zero-order valence-corrected chi connectivity index (χ0v) is 30.2. The first kappa shape index (κ1) is 40.6. The maximum absolute atomic E-state index is 14.4. The van der Waals surface area contributed by atoms with E-state index in [0.29, 0.717) is 16.7 Å². The average Bonchev–Trinajstić information content (AvgIpc) is 3.17. The topological polar surface area (TPSA) is 262 Å². The van der Waals surface area contributed by atoms with Gasteiger partial charge in [0.15, 0.2) is 58.6 Å². The van der Waals surface area contributed by atoms with E-state index in [1.54, 1.807) is 0 Å². The van der Waals surface area contributed by atoms with Crippen LogP contribution in [-0.2, 0) is 35.0 Å². The smallest absolute Gasteiger partial charge is 0.186 e. The molecule has 0 radical (unpaired) electrons. The van der Waals surface area contributed by atoms with Gasteiger partial charge >= 0.3 is 0 Å². The van der Waals surface area contributed by atoms with Crippen molar-refractivity contribution in [3.05, 3.63) is 76.9 Å². The highest BCUT2D eigenvalue weighted by atomic mass is 16.7. The van der Waals surface area contributed by atoms with Crippen molar-refractivity contribution in [3.63, 3.8) is 0 Å². The number of phenolic OH excluding ortho intramolecular Hbond substituents is 5. The van der Waals surface area contributed by atoms with E-state index in [0.717, 1.165) is 0 Å². The van der Waals surface area contributed by atoms with Crippen LogP contribution in [-0.4, -0.2) is 128 Å². The van der Waals surface area contributed by atoms with Crippen LogP contribution in [0.1, 0.15) is 35.1 Å². The Labute approximate surface area is 320 Å². The molecule has 0 spiro atoms. The van der Waals surface area contributed by atoms with Crippen molar-refractivity contribution in [2.45, 2.75) is 62.4 Å². The molecule has 0 aromatic heterocycles. The zero-order valence-electron chi connectivity index (χ0n) is 30.2. The van der Waals surface area contributed by atoms with Gasteiger partial charge in [-0.2, -0.15) is 0 Å². The van der Waals surface area contributed by atoms with Crippen molar-refractivity contribution in [3.8, 4) is 34.5 Å². The number of methoxy groups -OCH3 is 1. The van der Waals surface area contributed by atoms with Gasteiger partial charge in [-0.3, -0.25) is 9.59 Å². The molecule has 56 heavy (non-hydrogen) atoms. The zero-order chi connectivity index (χ0) is 40.3. The van der Waals surface area contributed by atoms with E-state index in [1.807, 2.05) is 0 Å². The number of rotatable bonds is 6. The molecule has 0 aliphatic carbocycles. The van der Waals surface area contributed by atoms with Crippen LogP contribution in [0.2, 0.25) is 0 Å². The number of phenols is 5. The number of hydrogen-bond donors (Lipinski definition) is 9. The minimum atomic E-state index is -1.65. The van der Waals surface area contributed by atoms with E-state index >= 15 is 0 Å². The standard InChI is InChI=1S/C40H44O16/c1-52-34-12-20(4-7-28(34)43)10-24-23-15-32(47)31(46)13-21(23)8-9-53-40-38(51)37(50)25(14-22(41)5-2-19-3-6-27(42)30(45)11-19)35(56-40)18-55-39-26(16-29(24)44)36(49)33(48)17-54-39/h2-7,10-13,15,25-26,33,35-40,42-43,45-51H,8-9,14,16-18H2,1H3/b5-2+,24-10+. The van der Waals surface area contributed by atoms with Gasteiger partial charge in [-0.05, 0) is 77.2 Å². The van der Waals surface area contributed by atoms with Crippen molar-refractivity contribution >= 4 is 29.3 Å². The molecule has 3 aliphatic rings. The van der Waals surface area contributed by atoms with Crippen LogP contribution >= 0.6 is 0 Å². The summed E-state index contributed by atoms with van der Waals surface area (Å²) in [6, 6.07) is 10.8. The molecule has 6 rings (SSSR count). The number of aliphatic hydroxyl groups excluding tert-OH is 4. The molecule has 2 fully saturated rings. The Balaban J connectivity index is 1.35. The summed E-state index contributed by atoms with van der Waals surface area (Å²) in [5.74, 6) is -5.14. The molecule has 2 saturated heterocycles. The summed E-state index contributed by atoms with van der Waals surface area (Å²) in [6.45, 7) is -0.938. The van der Waals surface area contributed by atoms with E-state index in [-0.39, 0.29) is 66.8 Å². The molecule has 16 nitrogen and oxygen atoms in total. The fraction of sp³-hybridized carbons (Fsp3) is 0.400. The van der Waals surface area contributed by atoms with Crippen molar-refractivity contribution in [1.29, 1.82) is 0 Å². The molecule has 3 heterocycles. The highest BCUT2D eigenvalue weighted by Gasteiger charge is 2.47. The monoisotopic (exact) mass is 780 g/mol. The summed E-state index contributed by atoms with van der Waals surface area (Å²) in [5, 5.41) is 95.0. The Morgan fingerprint density at radius 2 is 1.48 bits per heavy atom. The molecule has 300 valence electrons. The number of ketones is 2. The van der Waals surface area contributed by atoms with E-state index in [4.69, 9.17) is 23.7 Å². The van der Waals surface area contributed by atoms with Crippen LogP contribution in [0.5, 0.6) is 34.5 Å². The lowest BCUT2D eigenvalue weighted by molar-refractivity contribution is -0.308. The van der Waals surface area contributed by atoms with E-state index in [9.17, 15) is 55.5 Å². The van der Waals surface area contributed by atoms with Crippen LogP contribution in [0, 0.1) is 11.8 Å². The average molecular weight is 781 g/mol. The normalized spacial score (nSPS) is 29.6. The van der Waals surface area contributed by atoms with Crippen molar-refractivity contribution in [2.75, 3.05) is 26.9 Å². The maximum Gasteiger partial charge on any atom is 0.186 e. The van der Waals surface area contributed by atoms with Gasteiger partial charge < -0.3 is 69.6 Å². The molecular formula is C40H44O16. The largest absolute Gasteiger partial charge is 0.504 e. The molecule has 3 aromatic rings. The Kier molecular flexibility index (Phi) is 12.6. The number of carbonyl (C=O) groups is 2. The molecule has 3 aromatic carbocycles. The van der Waals surface area contributed by atoms with Crippen LogP contribution in [0.4, 0.5) is 0 Å². The SMILES string of the molecule is COc1cc(/C=C2/C(=O)CC3C(OCC(O)C3O)OCC3OC(OCCc4cc(O)c(O)cc42)C(O)C(O)C3CC(=O)/C=C/c2ccc(O)c(O)c2)ccc1O. The fourth-order valence-corrected chi connectivity index (χ4v) is 7.06. The maximum atomic E-state index is 14.4. The molecule has 9 unspecified atom stereocenters. The summed E-state index contributed by atoms with van der Waals surface area (Å²) < 4.78 is 29.1. The van der Waals surface area contributed by atoms with Gasteiger partial charge in [0.05, 0.1) is 45.2 Å². The van der Waals surface area contributed by atoms with Gasteiger partial charge in [-0.1, -0.05) is 18.2 Å². The van der Waals surface area contributed by atoms with Crippen molar-refractivity contribution < 1.29 is 79.2 Å². The highest BCUT2D eigenvalue weighted by Crippen LogP contribution is 2.38. The number of aliphatic hydroxyl groups is 4. The molecule has 9 N–H and O–H groups in total. The number of hydrogen-bond acceptors (Lipinski definition) is 16. The van der Waals surface area contributed by atoms with Crippen molar-refractivity contribution in [1.82, 2.24) is 0 Å². The van der Waals surface area contributed by atoms with Gasteiger partial charge in [-0.25, -0.2) is 0 Å². The summed E-state index contributed by atoms with van der Waals surface area (Å²) in [7, 11) is 1.35. The Morgan fingerprint density at radius 3 is 2.23 bits per heavy atom. The first-order valence-corrected chi connectivity index (χ1v) is 17.9. The summed E-state index contributed by atoms with van der Waals surface area (Å²) in [6.07, 6.45) is -6.79. The van der Waals surface area contributed by atoms with Crippen LogP contribution < -0.4 is 4.74 Å². The van der Waals surface area contributed by atoms with E-state index in [1.165, 1.54) is 73.9 Å². The molecule has 2 bridgehead atoms. The summed E-state index contributed by atoms with van der Waals surface area (Å²) in [4.78, 5) is 27.6. The lowest BCUT2D eigenvalue weighted by atomic mass is 9.84. The van der Waals surface area contributed by atoms with Crippen molar-refractivity contribution in [2.24, 2.45) is 11.8 Å². The molecule has 9 atom stereocenters. The lowest BCUT2D eigenvalue weighted by Crippen LogP contribution is -2.57. The number of allylic oxidation sites excluding steroid dienone is 2. The number of aromatic hydroxyl groups is 5. The minimum Gasteiger partial charge on any atom is -0.504 e. The number of benzene rings is 3. The molecule has 0 amide bonds. The second kappa shape index (κ2) is 17.4. The second-order valence-electron chi connectivity index (χ2n) is 13.9. The van der Waals surface area contributed by atoms with Gasteiger partial charge in [-0.15, -0.1) is 0 Å². The predicted octanol–water partition coefficient (Wildman–Crippen LogP) is 1.74. The van der Waals surface area contributed by atoms with Crippen LogP contribution in [0.25, 0.3) is 17.7 Å². The van der Waals surface area contributed by atoms with Crippen LogP contribution in [0.3, 0.4) is 0 Å². The van der Waals surface area contributed by atoms with Gasteiger partial charge in [0, 0.05) is 30.3 Å². The number of fused-ring (bicyclic) bond motifs is 4.